The number of hydrogen-bond acceptors (Lipinski definition) is 7. The number of ether oxygens (including phenoxy) is 2. The van der Waals surface area contributed by atoms with Gasteiger partial charge in [0.1, 0.15) is 17.4 Å². The number of benzene rings is 2. The number of anilines is 1. The van der Waals surface area contributed by atoms with E-state index in [0.717, 1.165) is 5.56 Å². The fourth-order valence-electron chi connectivity index (χ4n) is 2.44. The van der Waals surface area contributed by atoms with E-state index in [4.69, 9.17) is 14.7 Å². The molecular formula is C22H19N3O4S. The SMILES string of the molecule is Cc1ccc(OCc2nc(C(=O)OC(C)C(=O)Nc3cccc(C#N)c3)cs2)cc1. The Bertz CT molecular complexity index is 1090. The van der Waals surface area contributed by atoms with Crippen LogP contribution < -0.4 is 10.1 Å². The first-order valence-corrected chi connectivity index (χ1v) is 9.98. The molecule has 1 atom stereocenters. The molecule has 0 fully saturated rings. The summed E-state index contributed by atoms with van der Waals surface area (Å²) in [6, 6.07) is 16.1. The van der Waals surface area contributed by atoms with Gasteiger partial charge in [-0.05, 0) is 44.2 Å². The van der Waals surface area contributed by atoms with E-state index in [-0.39, 0.29) is 12.3 Å². The molecule has 0 saturated heterocycles. The van der Waals surface area contributed by atoms with Crippen LogP contribution in [0, 0.1) is 18.3 Å². The molecule has 8 heteroatoms. The van der Waals surface area contributed by atoms with Crippen molar-refractivity contribution < 1.29 is 19.1 Å². The number of aryl methyl sites for hydroxylation is 1. The number of aromatic nitrogens is 1. The Morgan fingerprint density at radius 2 is 2.00 bits per heavy atom. The molecule has 3 rings (SSSR count). The number of carbonyl (C=O) groups is 2. The first-order chi connectivity index (χ1) is 14.4. The van der Waals surface area contributed by atoms with Gasteiger partial charge in [-0.15, -0.1) is 11.3 Å². The summed E-state index contributed by atoms with van der Waals surface area (Å²) in [6.45, 7) is 3.69. The maximum atomic E-state index is 12.3. The molecule has 1 unspecified atom stereocenters. The molecule has 1 heterocycles. The molecule has 1 aromatic heterocycles. The number of hydrogen-bond donors (Lipinski definition) is 1. The smallest absolute Gasteiger partial charge is 0.358 e. The Balaban J connectivity index is 1.53. The summed E-state index contributed by atoms with van der Waals surface area (Å²) in [5.41, 5.74) is 2.12. The van der Waals surface area contributed by atoms with Gasteiger partial charge in [0.25, 0.3) is 5.91 Å². The van der Waals surface area contributed by atoms with Crippen LogP contribution in [-0.2, 0) is 16.1 Å². The fraction of sp³-hybridized carbons (Fsp3) is 0.182. The van der Waals surface area contributed by atoms with Crippen molar-refractivity contribution in [3.05, 3.63) is 75.7 Å². The van der Waals surface area contributed by atoms with E-state index in [1.807, 2.05) is 37.3 Å². The highest BCUT2D eigenvalue weighted by molar-refractivity contribution is 7.09. The Morgan fingerprint density at radius 3 is 2.73 bits per heavy atom. The molecule has 2 aromatic carbocycles. The summed E-state index contributed by atoms with van der Waals surface area (Å²) < 4.78 is 10.9. The quantitative estimate of drug-likeness (QED) is 0.577. The fourth-order valence-corrected chi connectivity index (χ4v) is 3.11. The van der Waals surface area contributed by atoms with E-state index >= 15 is 0 Å². The van der Waals surface area contributed by atoms with Crippen LogP contribution in [0.15, 0.2) is 53.9 Å². The largest absolute Gasteiger partial charge is 0.486 e. The third-order valence-corrected chi connectivity index (χ3v) is 4.88. The van der Waals surface area contributed by atoms with Gasteiger partial charge in [0.05, 0.1) is 11.6 Å². The zero-order chi connectivity index (χ0) is 21.5. The second-order valence-electron chi connectivity index (χ2n) is 6.46. The summed E-state index contributed by atoms with van der Waals surface area (Å²) in [5, 5.41) is 13.7. The molecule has 0 saturated carbocycles. The van der Waals surface area contributed by atoms with Gasteiger partial charge in [-0.3, -0.25) is 4.79 Å². The summed E-state index contributed by atoms with van der Waals surface area (Å²) in [7, 11) is 0. The maximum absolute atomic E-state index is 12.3. The van der Waals surface area contributed by atoms with Crippen LogP contribution in [0.25, 0.3) is 0 Å². The molecule has 0 bridgehead atoms. The average molecular weight is 421 g/mol. The Morgan fingerprint density at radius 1 is 1.23 bits per heavy atom. The third kappa shape index (κ3) is 5.65. The predicted molar refractivity (Wildman–Crippen MR) is 112 cm³/mol. The Hall–Kier alpha value is -3.70. The zero-order valence-electron chi connectivity index (χ0n) is 16.4. The van der Waals surface area contributed by atoms with Crippen molar-refractivity contribution in [2.24, 2.45) is 0 Å². The second-order valence-corrected chi connectivity index (χ2v) is 7.40. The first-order valence-electron chi connectivity index (χ1n) is 9.10. The monoisotopic (exact) mass is 421 g/mol. The van der Waals surface area contributed by atoms with Gasteiger partial charge in [-0.2, -0.15) is 5.26 Å². The van der Waals surface area contributed by atoms with Crippen molar-refractivity contribution in [1.82, 2.24) is 4.98 Å². The molecular weight excluding hydrogens is 402 g/mol. The van der Waals surface area contributed by atoms with E-state index < -0.39 is 18.0 Å². The zero-order valence-corrected chi connectivity index (χ0v) is 17.2. The lowest BCUT2D eigenvalue weighted by molar-refractivity contribution is -0.123. The molecule has 0 aliphatic heterocycles. The topological polar surface area (TPSA) is 101 Å². The van der Waals surface area contributed by atoms with Crippen LogP contribution in [0.5, 0.6) is 5.75 Å². The Kier molecular flexibility index (Phi) is 6.78. The number of thiazole rings is 1. The number of rotatable bonds is 7. The van der Waals surface area contributed by atoms with E-state index in [2.05, 4.69) is 10.3 Å². The summed E-state index contributed by atoms with van der Waals surface area (Å²) >= 11 is 1.27. The van der Waals surface area contributed by atoms with Gasteiger partial charge in [0.2, 0.25) is 0 Å². The van der Waals surface area contributed by atoms with Crippen LogP contribution in [-0.4, -0.2) is 23.0 Å². The van der Waals surface area contributed by atoms with Crippen molar-refractivity contribution in [3.63, 3.8) is 0 Å². The van der Waals surface area contributed by atoms with Crippen LogP contribution in [0.4, 0.5) is 5.69 Å². The van der Waals surface area contributed by atoms with Gasteiger partial charge < -0.3 is 14.8 Å². The third-order valence-electron chi connectivity index (χ3n) is 4.06. The molecule has 1 N–H and O–H groups in total. The van der Waals surface area contributed by atoms with Crippen LogP contribution in [0.1, 0.15) is 33.5 Å². The highest BCUT2D eigenvalue weighted by Gasteiger charge is 2.21. The van der Waals surface area contributed by atoms with Crippen molar-refractivity contribution in [2.45, 2.75) is 26.6 Å². The van der Waals surface area contributed by atoms with Crippen LogP contribution in [0.3, 0.4) is 0 Å². The van der Waals surface area contributed by atoms with Crippen LogP contribution in [0.2, 0.25) is 0 Å². The summed E-state index contributed by atoms with van der Waals surface area (Å²) in [5.74, 6) is -0.483. The van der Waals surface area contributed by atoms with Crippen molar-refractivity contribution in [2.75, 3.05) is 5.32 Å². The van der Waals surface area contributed by atoms with Gasteiger partial charge in [0, 0.05) is 11.1 Å². The van der Waals surface area contributed by atoms with Gasteiger partial charge in [-0.25, -0.2) is 9.78 Å². The van der Waals surface area contributed by atoms with Gasteiger partial charge >= 0.3 is 5.97 Å². The predicted octanol–water partition coefficient (Wildman–Crippen LogP) is 4.09. The molecule has 0 aliphatic rings. The lowest BCUT2D eigenvalue weighted by atomic mass is 10.2. The van der Waals surface area contributed by atoms with Crippen LogP contribution >= 0.6 is 11.3 Å². The van der Waals surface area contributed by atoms with Crippen molar-refractivity contribution >= 4 is 28.9 Å². The normalized spacial score (nSPS) is 11.2. The Labute approximate surface area is 177 Å². The highest BCUT2D eigenvalue weighted by atomic mass is 32.1. The van der Waals surface area contributed by atoms with Crippen molar-refractivity contribution in [1.29, 1.82) is 5.26 Å². The minimum absolute atomic E-state index is 0.119. The van der Waals surface area contributed by atoms with E-state index in [9.17, 15) is 9.59 Å². The van der Waals surface area contributed by atoms with Gasteiger partial charge in [-0.1, -0.05) is 23.8 Å². The lowest BCUT2D eigenvalue weighted by Crippen LogP contribution is -2.30. The average Bonchev–Trinajstić information content (AvgIpc) is 3.22. The molecule has 0 radical (unpaired) electrons. The van der Waals surface area contributed by atoms with Gasteiger partial charge in [0.15, 0.2) is 11.8 Å². The molecule has 7 nitrogen and oxygen atoms in total. The minimum atomic E-state index is -1.03. The number of amides is 1. The second kappa shape index (κ2) is 9.67. The molecule has 152 valence electrons. The molecule has 0 aliphatic carbocycles. The number of carbonyl (C=O) groups excluding carboxylic acids is 2. The lowest BCUT2D eigenvalue weighted by Gasteiger charge is -2.12. The van der Waals surface area contributed by atoms with E-state index in [1.54, 1.807) is 23.6 Å². The molecule has 30 heavy (non-hydrogen) atoms. The number of nitrogens with one attached hydrogen (secondary N) is 1. The molecule has 3 aromatic rings. The maximum Gasteiger partial charge on any atom is 0.358 e. The highest BCUT2D eigenvalue weighted by Crippen LogP contribution is 2.17. The number of nitriles is 1. The molecule has 0 spiro atoms. The number of nitrogens with zero attached hydrogens (tertiary/aromatic N) is 2. The molecule has 1 amide bonds. The number of esters is 1. The van der Waals surface area contributed by atoms with E-state index in [0.29, 0.717) is 22.0 Å². The summed E-state index contributed by atoms with van der Waals surface area (Å²) in [6.07, 6.45) is -1.03. The minimum Gasteiger partial charge on any atom is -0.486 e. The van der Waals surface area contributed by atoms with E-state index in [1.165, 1.54) is 24.3 Å². The first kappa shape index (κ1) is 21.0. The standard InChI is InChI=1S/C22H19N3O4S/c1-14-6-8-18(9-7-14)28-12-20-25-19(13-30-20)22(27)29-15(2)21(26)24-17-5-3-4-16(10-17)11-23/h3-10,13,15H,12H2,1-2H3,(H,24,26). The summed E-state index contributed by atoms with van der Waals surface area (Å²) in [4.78, 5) is 28.8. The van der Waals surface area contributed by atoms with Crippen molar-refractivity contribution in [3.8, 4) is 11.8 Å².